The number of nitrogens with one attached hydrogen (secondary N) is 1. The Bertz CT molecular complexity index is 292. The summed E-state index contributed by atoms with van der Waals surface area (Å²) in [6, 6.07) is 0. The lowest BCUT2D eigenvalue weighted by Gasteiger charge is -2.03. The third-order valence-corrected chi connectivity index (χ3v) is 2.18. The maximum absolute atomic E-state index is 3.35. The minimum Gasteiger partial charge on any atom is -0.385 e. The molecule has 1 aliphatic carbocycles. The molecule has 1 heteroatoms. The van der Waals surface area contributed by atoms with E-state index in [9.17, 15) is 0 Å². The molecule has 1 N–H and O–H groups in total. The lowest BCUT2D eigenvalue weighted by molar-refractivity contribution is 0.886. The second-order valence-corrected chi connectivity index (χ2v) is 3.27. The van der Waals surface area contributed by atoms with Gasteiger partial charge in [-0.1, -0.05) is 36.5 Å². The first-order valence-electron chi connectivity index (χ1n) is 4.32. The van der Waals surface area contributed by atoms with Gasteiger partial charge in [-0.05, 0) is 12.5 Å². The first-order valence-corrected chi connectivity index (χ1v) is 4.32. The van der Waals surface area contributed by atoms with Crippen molar-refractivity contribution in [3.05, 3.63) is 47.7 Å². The van der Waals surface area contributed by atoms with Crippen molar-refractivity contribution >= 4 is 0 Å². The van der Waals surface area contributed by atoms with Crippen molar-refractivity contribution < 1.29 is 0 Å². The second kappa shape index (κ2) is 3.02. The van der Waals surface area contributed by atoms with Crippen molar-refractivity contribution in [3.8, 4) is 0 Å². The summed E-state index contributed by atoms with van der Waals surface area (Å²) in [4.78, 5) is 0. The molecule has 12 heavy (non-hydrogen) atoms. The monoisotopic (exact) mass is 159 g/mol. The van der Waals surface area contributed by atoms with Crippen LogP contribution < -0.4 is 5.32 Å². The molecule has 2 aliphatic rings. The van der Waals surface area contributed by atoms with Crippen molar-refractivity contribution in [2.75, 3.05) is 6.54 Å². The molecule has 0 fully saturated rings. The molecule has 0 saturated heterocycles. The molecule has 62 valence electrons. The van der Waals surface area contributed by atoms with Crippen LogP contribution in [0.25, 0.3) is 0 Å². The molecule has 0 spiro atoms. The molecular weight excluding hydrogens is 146 g/mol. The summed E-state index contributed by atoms with van der Waals surface area (Å²) in [6.45, 7) is 3.07. The molecule has 0 aromatic rings. The zero-order valence-electron chi connectivity index (χ0n) is 7.25. The summed E-state index contributed by atoms with van der Waals surface area (Å²) >= 11 is 0. The predicted octanol–water partition coefficient (Wildman–Crippen LogP) is 2.16. The lowest BCUT2D eigenvalue weighted by atomic mass is 10.1. The minimum atomic E-state index is 0.477. The van der Waals surface area contributed by atoms with E-state index in [1.165, 1.54) is 11.3 Å². The van der Waals surface area contributed by atoms with Crippen LogP contribution >= 0.6 is 0 Å². The van der Waals surface area contributed by atoms with Gasteiger partial charge in [-0.25, -0.2) is 0 Å². The Morgan fingerprint density at radius 3 is 3.17 bits per heavy atom. The van der Waals surface area contributed by atoms with E-state index in [0.717, 1.165) is 6.54 Å². The molecule has 0 radical (unpaired) electrons. The van der Waals surface area contributed by atoms with Crippen LogP contribution in [0.1, 0.15) is 6.92 Å². The SMILES string of the molecule is CC1=CC2C=CC=CC(=C2)CN1. The maximum atomic E-state index is 3.35. The normalized spacial score (nSPS) is 26.6. The summed E-state index contributed by atoms with van der Waals surface area (Å²) in [7, 11) is 0. The molecule has 1 aliphatic heterocycles. The van der Waals surface area contributed by atoms with Gasteiger partial charge in [0.1, 0.15) is 0 Å². The smallest absolute Gasteiger partial charge is 0.0394 e. The van der Waals surface area contributed by atoms with Crippen molar-refractivity contribution in [2.45, 2.75) is 6.92 Å². The Balaban J connectivity index is 2.33. The zero-order chi connectivity index (χ0) is 8.39. The average molecular weight is 159 g/mol. The van der Waals surface area contributed by atoms with Gasteiger partial charge < -0.3 is 5.32 Å². The van der Waals surface area contributed by atoms with Crippen LogP contribution in [-0.4, -0.2) is 6.54 Å². The fourth-order valence-corrected chi connectivity index (χ4v) is 1.54. The standard InChI is InChI=1S/C11H13N/c1-9-6-10-4-2-3-5-11(7-10)8-12-9/h2-7,10,12H,8H2,1H3. The van der Waals surface area contributed by atoms with Gasteiger partial charge in [0.05, 0.1) is 0 Å². The van der Waals surface area contributed by atoms with Crippen LogP contribution in [0.4, 0.5) is 0 Å². The van der Waals surface area contributed by atoms with Crippen LogP contribution in [0.5, 0.6) is 0 Å². The average Bonchev–Trinajstić information content (AvgIpc) is 2.35. The lowest BCUT2D eigenvalue weighted by Crippen LogP contribution is -2.12. The van der Waals surface area contributed by atoms with Gasteiger partial charge in [0.15, 0.2) is 0 Å². The highest BCUT2D eigenvalue weighted by Crippen LogP contribution is 2.16. The molecule has 2 rings (SSSR count). The van der Waals surface area contributed by atoms with Gasteiger partial charge in [0.25, 0.3) is 0 Å². The van der Waals surface area contributed by atoms with Gasteiger partial charge in [0, 0.05) is 18.2 Å². The molecule has 0 aromatic heterocycles. The van der Waals surface area contributed by atoms with Crippen LogP contribution in [0.15, 0.2) is 47.7 Å². The maximum Gasteiger partial charge on any atom is 0.0394 e. The van der Waals surface area contributed by atoms with Crippen molar-refractivity contribution in [1.29, 1.82) is 0 Å². The van der Waals surface area contributed by atoms with E-state index in [0.29, 0.717) is 5.92 Å². The fraction of sp³-hybridized carbons (Fsp3) is 0.273. The van der Waals surface area contributed by atoms with E-state index in [-0.39, 0.29) is 0 Å². The molecule has 0 aromatic carbocycles. The van der Waals surface area contributed by atoms with E-state index in [1.54, 1.807) is 0 Å². The molecule has 0 saturated carbocycles. The Morgan fingerprint density at radius 1 is 1.33 bits per heavy atom. The number of fused-ring (bicyclic) bond motifs is 1. The highest BCUT2D eigenvalue weighted by atomic mass is 14.9. The molecule has 2 bridgehead atoms. The van der Waals surface area contributed by atoms with Gasteiger partial charge in [-0.15, -0.1) is 0 Å². The molecule has 0 amide bonds. The predicted molar refractivity (Wildman–Crippen MR) is 51.6 cm³/mol. The minimum absolute atomic E-state index is 0.477. The number of allylic oxidation sites excluding steroid dienone is 6. The highest BCUT2D eigenvalue weighted by Gasteiger charge is 2.06. The van der Waals surface area contributed by atoms with Gasteiger partial charge in [-0.3, -0.25) is 0 Å². The summed E-state index contributed by atoms with van der Waals surface area (Å²) in [5, 5.41) is 3.35. The Hall–Kier alpha value is -1.24. The van der Waals surface area contributed by atoms with E-state index in [4.69, 9.17) is 0 Å². The summed E-state index contributed by atoms with van der Waals surface area (Å²) in [6.07, 6.45) is 13.1. The van der Waals surface area contributed by atoms with Gasteiger partial charge in [0.2, 0.25) is 0 Å². The number of rotatable bonds is 0. The van der Waals surface area contributed by atoms with Gasteiger partial charge in [-0.2, -0.15) is 0 Å². The molecule has 1 atom stereocenters. The quantitative estimate of drug-likeness (QED) is 0.571. The van der Waals surface area contributed by atoms with Gasteiger partial charge >= 0.3 is 0 Å². The third kappa shape index (κ3) is 1.50. The molecule has 1 nitrogen and oxygen atoms in total. The van der Waals surface area contributed by atoms with E-state index < -0.39 is 0 Å². The topological polar surface area (TPSA) is 12.0 Å². The molecule has 1 heterocycles. The summed E-state index contributed by atoms with van der Waals surface area (Å²) in [5.74, 6) is 0.477. The van der Waals surface area contributed by atoms with Crippen LogP contribution in [0, 0.1) is 5.92 Å². The fourth-order valence-electron chi connectivity index (χ4n) is 1.54. The first kappa shape index (κ1) is 7.41. The van der Waals surface area contributed by atoms with Crippen molar-refractivity contribution in [3.63, 3.8) is 0 Å². The Morgan fingerprint density at radius 2 is 2.25 bits per heavy atom. The van der Waals surface area contributed by atoms with Crippen LogP contribution in [-0.2, 0) is 0 Å². The zero-order valence-corrected chi connectivity index (χ0v) is 7.25. The van der Waals surface area contributed by atoms with Crippen LogP contribution in [0.2, 0.25) is 0 Å². The number of hydrogen-bond acceptors (Lipinski definition) is 1. The van der Waals surface area contributed by atoms with E-state index >= 15 is 0 Å². The Kier molecular flexibility index (Phi) is 1.86. The highest BCUT2D eigenvalue weighted by molar-refractivity contribution is 5.34. The molecular formula is C11H13N. The van der Waals surface area contributed by atoms with Crippen LogP contribution in [0.3, 0.4) is 0 Å². The molecule has 1 unspecified atom stereocenters. The van der Waals surface area contributed by atoms with E-state index in [2.05, 4.69) is 48.7 Å². The second-order valence-electron chi connectivity index (χ2n) is 3.27. The van der Waals surface area contributed by atoms with Crippen molar-refractivity contribution in [1.82, 2.24) is 5.32 Å². The number of hydrogen-bond donors (Lipinski definition) is 1. The third-order valence-electron chi connectivity index (χ3n) is 2.18. The van der Waals surface area contributed by atoms with E-state index in [1.807, 2.05) is 0 Å². The largest absolute Gasteiger partial charge is 0.385 e. The van der Waals surface area contributed by atoms with Crippen molar-refractivity contribution in [2.24, 2.45) is 5.92 Å². The summed E-state index contributed by atoms with van der Waals surface area (Å²) < 4.78 is 0. The first-order chi connectivity index (χ1) is 5.84. The summed E-state index contributed by atoms with van der Waals surface area (Å²) in [5.41, 5.74) is 2.64. The Labute approximate surface area is 73.2 Å².